The molecule has 1 aromatic carbocycles. The number of hydrogen-bond donors (Lipinski definition) is 2. The van der Waals surface area contributed by atoms with Crippen molar-refractivity contribution in [2.45, 2.75) is 19.8 Å². The third kappa shape index (κ3) is 5.89. The van der Waals surface area contributed by atoms with Crippen molar-refractivity contribution in [3.63, 3.8) is 0 Å². The van der Waals surface area contributed by atoms with E-state index in [1.54, 1.807) is 0 Å². The Morgan fingerprint density at radius 3 is 2.78 bits per heavy atom. The summed E-state index contributed by atoms with van der Waals surface area (Å²) in [5.41, 5.74) is 6.39. The molecule has 18 heavy (non-hydrogen) atoms. The molecule has 0 aliphatic carbocycles. The SMILES string of the molecule is CCCCN(CCO)CCOc1cccc(N)c1. The monoisotopic (exact) mass is 252 g/mol. The lowest BCUT2D eigenvalue weighted by Crippen LogP contribution is -2.32. The Bertz CT molecular complexity index is 331. The number of hydrogen-bond acceptors (Lipinski definition) is 4. The third-order valence-corrected chi connectivity index (χ3v) is 2.78. The zero-order valence-electron chi connectivity index (χ0n) is 11.1. The van der Waals surface area contributed by atoms with E-state index >= 15 is 0 Å². The highest BCUT2D eigenvalue weighted by Gasteiger charge is 2.03. The molecule has 0 heterocycles. The highest BCUT2D eigenvalue weighted by molar-refractivity contribution is 5.43. The molecule has 0 bridgehead atoms. The largest absolute Gasteiger partial charge is 0.492 e. The number of anilines is 1. The molecule has 0 fully saturated rings. The zero-order valence-corrected chi connectivity index (χ0v) is 11.1. The number of aliphatic hydroxyl groups excluding tert-OH is 1. The number of aliphatic hydroxyl groups is 1. The number of nitrogen functional groups attached to an aromatic ring is 1. The van der Waals surface area contributed by atoms with Gasteiger partial charge in [0.2, 0.25) is 0 Å². The molecule has 0 radical (unpaired) electrons. The molecule has 0 saturated carbocycles. The first-order valence-corrected chi connectivity index (χ1v) is 6.57. The van der Waals surface area contributed by atoms with Gasteiger partial charge in [-0.25, -0.2) is 0 Å². The lowest BCUT2D eigenvalue weighted by atomic mass is 10.3. The molecular formula is C14H24N2O2. The number of nitrogens with two attached hydrogens (primary N) is 1. The van der Waals surface area contributed by atoms with Gasteiger partial charge in [-0.15, -0.1) is 0 Å². The minimum absolute atomic E-state index is 0.196. The van der Waals surface area contributed by atoms with E-state index in [2.05, 4.69) is 11.8 Å². The van der Waals surface area contributed by atoms with Gasteiger partial charge in [0.05, 0.1) is 6.61 Å². The number of benzene rings is 1. The summed E-state index contributed by atoms with van der Waals surface area (Å²) in [4.78, 5) is 2.22. The summed E-state index contributed by atoms with van der Waals surface area (Å²) in [6.07, 6.45) is 2.32. The summed E-state index contributed by atoms with van der Waals surface area (Å²) in [7, 11) is 0. The van der Waals surface area contributed by atoms with Crippen molar-refractivity contribution in [3.8, 4) is 5.75 Å². The van der Waals surface area contributed by atoms with E-state index in [1.165, 1.54) is 0 Å². The predicted molar refractivity (Wildman–Crippen MR) is 74.8 cm³/mol. The molecular weight excluding hydrogens is 228 g/mol. The number of unbranched alkanes of at least 4 members (excludes halogenated alkanes) is 1. The van der Waals surface area contributed by atoms with Crippen molar-refractivity contribution in [2.24, 2.45) is 0 Å². The maximum Gasteiger partial charge on any atom is 0.121 e. The summed E-state index contributed by atoms with van der Waals surface area (Å²) in [6, 6.07) is 7.45. The van der Waals surface area contributed by atoms with E-state index in [1.807, 2.05) is 24.3 Å². The second kappa shape index (κ2) is 8.78. The minimum atomic E-state index is 0.196. The van der Waals surface area contributed by atoms with Crippen LogP contribution in [0.15, 0.2) is 24.3 Å². The van der Waals surface area contributed by atoms with E-state index < -0.39 is 0 Å². The fraction of sp³-hybridized carbons (Fsp3) is 0.571. The lowest BCUT2D eigenvalue weighted by Gasteiger charge is -2.21. The molecule has 4 heteroatoms. The second-order valence-electron chi connectivity index (χ2n) is 4.34. The van der Waals surface area contributed by atoms with Crippen LogP contribution in [0.3, 0.4) is 0 Å². The summed E-state index contributed by atoms with van der Waals surface area (Å²) in [6.45, 7) is 5.53. The fourth-order valence-corrected chi connectivity index (χ4v) is 1.76. The van der Waals surface area contributed by atoms with E-state index in [9.17, 15) is 0 Å². The van der Waals surface area contributed by atoms with Gasteiger partial charge in [0.15, 0.2) is 0 Å². The fourth-order valence-electron chi connectivity index (χ4n) is 1.76. The van der Waals surface area contributed by atoms with Crippen LogP contribution in [0, 0.1) is 0 Å². The number of rotatable bonds is 9. The third-order valence-electron chi connectivity index (χ3n) is 2.78. The van der Waals surface area contributed by atoms with E-state index in [-0.39, 0.29) is 6.61 Å². The summed E-state index contributed by atoms with van der Waals surface area (Å²) < 4.78 is 5.64. The van der Waals surface area contributed by atoms with Gasteiger partial charge in [0.25, 0.3) is 0 Å². The van der Waals surface area contributed by atoms with Gasteiger partial charge in [-0.2, -0.15) is 0 Å². The van der Waals surface area contributed by atoms with E-state index in [0.717, 1.165) is 31.7 Å². The van der Waals surface area contributed by atoms with Crippen LogP contribution in [-0.4, -0.2) is 42.9 Å². The quantitative estimate of drug-likeness (QED) is 0.657. The Labute approximate surface area is 109 Å². The minimum Gasteiger partial charge on any atom is -0.492 e. The molecule has 0 aromatic heterocycles. The number of nitrogens with zero attached hydrogens (tertiary/aromatic N) is 1. The Balaban J connectivity index is 2.29. The molecule has 1 aromatic rings. The molecule has 0 aliphatic rings. The van der Waals surface area contributed by atoms with Crippen LogP contribution in [-0.2, 0) is 0 Å². The van der Waals surface area contributed by atoms with Crippen LogP contribution in [0.4, 0.5) is 5.69 Å². The first-order valence-electron chi connectivity index (χ1n) is 6.57. The maximum absolute atomic E-state index is 8.99. The van der Waals surface area contributed by atoms with Crippen molar-refractivity contribution in [3.05, 3.63) is 24.3 Å². The van der Waals surface area contributed by atoms with E-state index in [4.69, 9.17) is 15.6 Å². The van der Waals surface area contributed by atoms with Gasteiger partial charge >= 0.3 is 0 Å². The predicted octanol–water partition coefficient (Wildman–Crippen LogP) is 1.74. The molecule has 0 atom stereocenters. The lowest BCUT2D eigenvalue weighted by molar-refractivity contribution is 0.167. The first kappa shape index (κ1) is 14.8. The van der Waals surface area contributed by atoms with Crippen LogP contribution in [0.2, 0.25) is 0 Å². The summed E-state index contributed by atoms with van der Waals surface area (Å²) >= 11 is 0. The van der Waals surface area contributed by atoms with Crippen molar-refractivity contribution in [1.82, 2.24) is 4.90 Å². The second-order valence-corrected chi connectivity index (χ2v) is 4.34. The van der Waals surface area contributed by atoms with Crippen molar-refractivity contribution in [2.75, 3.05) is 38.6 Å². The van der Waals surface area contributed by atoms with Crippen LogP contribution in [0.1, 0.15) is 19.8 Å². The molecule has 0 spiro atoms. The highest BCUT2D eigenvalue weighted by atomic mass is 16.5. The van der Waals surface area contributed by atoms with E-state index in [0.29, 0.717) is 18.8 Å². The maximum atomic E-state index is 8.99. The van der Waals surface area contributed by atoms with Crippen LogP contribution in [0.25, 0.3) is 0 Å². The molecule has 4 nitrogen and oxygen atoms in total. The van der Waals surface area contributed by atoms with Gasteiger partial charge in [0.1, 0.15) is 12.4 Å². The van der Waals surface area contributed by atoms with Crippen LogP contribution in [0.5, 0.6) is 5.75 Å². The van der Waals surface area contributed by atoms with Gasteiger partial charge in [-0.05, 0) is 25.1 Å². The average molecular weight is 252 g/mol. The van der Waals surface area contributed by atoms with Gasteiger partial charge in [0, 0.05) is 24.8 Å². The standard InChI is InChI=1S/C14H24N2O2/c1-2-3-7-16(8-10-17)9-11-18-14-6-4-5-13(15)12-14/h4-6,12,17H,2-3,7-11,15H2,1H3. The first-order chi connectivity index (χ1) is 8.76. The van der Waals surface area contributed by atoms with Crippen molar-refractivity contribution >= 4 is 5.69 Å². The molecule has 0 amide bonds. The number of ether oxygens (including phenoxy) is 1. The van der Waals surface area contributed by atoms with Crippen LogP contribution < -0.4 is 10.5 Å². The van der Waals surface area contributed by atoms with Gasteiger partial charge < -0.3 is 15.6 Å². The van der Waals surface area contributed by atoms with Crippen LogP contribution >= 0.6 is 0 Å². The van der Waals surface area contributed by atoms with Gasteiger partial charge in [-0.1, -0.05) is 19.4 Å². The smallest absolute Gasteiger partial charge is 0.121 e. The molecule has 1 rings (SSSR count). The Morgan fingerprint density at radius 2 is 2.11 bits per heavy atom. The average Bonchev–Trinajstić information content (AvgIpc) is 2.36. The summed E-state index contributed by atoms with van der Waals surface area (Å²) in [5.74, 6) is 0.800. The molecule has 3 N–H and O–H groups in total. The Hall–Kier alpha value is -1.26. The topological polar surface area (TPSA) is 58.7 Å². The summed E-state index contributed by atoms with van der Waals surface area (Å²) in [5, 5.41) is 8.99. The highest BCUT2D eigenvalue weighted by Crippen LogP contribution is 2.14. The Morgan fingerprint density at radius 1 is 1.28 bits per heavy atom. The molecule has 102 valence electrons. The Kier molecular flexibility index (Phi) is 7.22. The van der Waals surface area contributed by atoms with Crippen molar-refractivity contribution < 1.29 is 9.84 Å². The van der Waals surface area contributed by atoms with Crippen molar-refractivity contribution in [1.29, 1.82) is 0 Å². The molecule has 0 aliphatic heterocycles. The molecule has 0 saturated heterocycles. The van der Waals surface area contributed by atoms with Gasteiger partial charge in [-0.3, -0.25) is 4.90 Å². The molecule has 0 unspecified atom stereocenters. The zero-order chi connectivity index (χ0) is 13.2. The normalized spacial score (nSPS) is 10.8.